The van der Waals surface area contributed by atoms with Crippen molar-refractivity contribution in [2.45, 2.75) is 20.4 Å². The number of halogens is 2. The molecule has 1 aromatic carbocycles. The second-order valence-electron chi connectivity index (χ2n) is 4.43. The van der Waals surface area contributed by atoms with E-state index in [-0.39, 0.29) is 5.84 Å². The first-order valence-electron chi connectivity index (χ1n) is 5.90. The number of benzene rings is 1. The molecule has 0 saturated heterocycles. The lowest BCUT2D eigenvalue weighted by Gasteiger charge is -2.08. The van der Waals surface area contributed by atoms with Gasteiger partial charge in [0.05, 0.1) is 22.4 Å². The summed E-state index contributed by atoms with van der Waals surface area (Å²) < 4.78 is 2.88. The van der Waals surface area contributed by atoms with E-state index < -0.39 is 0 Å². The second-order valence-corrected chi connectivity index (χ2v) is 5.63. The molecule has 1 heterocycles. The van der Waals surface area contributed by atoms with Gasteiger partial charge in [-0.1, -0.05) is 28.9 Å². The summed E-state index contributed by atoms with van der Waals surface area (Å²) >= 11 is 9.73. The number of nitrogens with two attached hydrogens (primary N) is 1. The Morgan fingerprint density at radius 2 is 2.20 bits per heavy atom. The topological polar surface area (TPSA) is 76.4 Å². The van der Waals surface area contributed by atoms with Gasteiger partial charge in [0.1, 0.15) is 0 Å². The summed E-state index contributed by atoms with van der Waals surface area (Å²) in [6, 6.07) is 5.28. The minimum absolute atomic E-state index is 0.0345. The van der Waals surface area contributed by atoms with E-state index in [1.165, 1.54) is 0 Å². The van der Waals surface area contributed by atoms with Crippen LogP contribution in [0.15, 0.2) is 27.8 Å². The molecule has 7 heteroatoms. The van der Waals surface area contributed by atoms with Crippen LogP contribution in [0, 0.1) is 13.8 Å². The quantitative estimate of drug-likeness (QED) is 0.383. The molecule has 0 radical (unpaired) electrons. The highest BCUT2D eigenvalue weighted by molar-refractivity contribution is 9.10. The highest BCUT2D eigenvalue weighted by Crippen LogP contribution is 2.23. The predicted molar refractivity (Wildman–Crippen MR) is 82.5 cm³/mol. The molecule has 0 fully saturated rings. The predicted octanol–water partition coefficient (Wildman–Crippen LogP) is 3.06. The fourth-order valence-corrected chi connectivity index (χ4v) is 2.41. The average Bonchev–Trinajstić information content (AvgIpc) is 2.67. The first kappa shape index (κ1) is 14.9. The van der Waals surface area contributed by atoms with Gasteiger partial charge in [0, 0.05) is 10.6 Å². The van der Waals surface area contributed by atoms with Crippen LogP contribution in [0.1, 0.15) is 22.5 Å². The Kier molecular flexibility index (Phi) is 4.35. The van der Waals surface area contributed by atoms with Crippen molar-refractivity contribution < 1.29 is 5.21 Å². The minimum atomic E-state index is 0.0345. The van der Waals surface area contributed by atoms with Gasteiger partial charge in [-0.3, -0.25) is 4.68 Å². The third-order valence-electron chi connectivity index (χ3n) is 3.07. The van der Waals surface area contributed by atoms with Gasteiger partial charge in [-0.25, -0.2) is 0 Å². The number of hydrogen-bond acceptors (Lipinski definition) is 3. The molecule has 106 valence electrons. The van der Waals surface area contributed by atoms with E-state index in [0.29, 0.717) is 17.1 Å². The van der Waals surface area contributed by atoms with Crippen molar-refractivity contribution in [3.63, 3.8) is 0 Å². The molecular weight excluding hydrogens is 344 g/mol. The smallest absolute Gasteiger partial charge is 0.170 e. The zero-order valence-electron chi connectivity index (χ0n) is 11.1. The van der Waals surface area contributed by atoms with Gasteiger partial charge >= 0.3 is 0 Å². The van der Waals surface area contributed by atoms with Crippen molar-refractivity contribution in [2.24, 2.45) is 10.9 Å². The van der Waals surface area contributed by atoms with E-state index in [1.54, 1.807) is 12.1 Å². The Hall–Kier alpha value is -1.53. The summed E-state index contributed by atoms with van der Waals surface area (Å²) in [5.74, 6) is 0.0345. The molecule has 2 aromatic rings. The van der Waals surface area contributed by atoms with Gasteiger partial charge in [0.25, 0.3) is 0 Å². The Bertz CT molecular complexity index is 681. The SMILES string of the molecule is Cc1nn(Cc2ccc(/C(N)=N/O)cc2Cl)c(C)c1Br. The molecule has 0 amide bonds. The van der Waals surface area contributed by atoms with Crippen LogP contribution in [0.2, 0.25) is 5.02 Å². The molecule has 0 aliphatic carbocycles. The van der Waals surface area contributed by atoms with Gasteiger partial charge in [-0.05, 0) is 41.4 Å². The number of rotatable bonds is 3. The van der Waals surface area contributed by atoms with E-state index in [1.807, 2.05) is 24.6 Å². The molecule has 0 aliphatic heterocycles. The molecule has 0 unspecified atom stereocenters. The van der Waals surface area contributed by atoms with Crippen molar-refractivity contribution in [3.05, 3.63) is 50.2 Å². The van der Waals surface area contributed by atoms with Crippen molar-refractivity contribution in [1.82, 2.24) is 9.78 Å². The maximum Gasteiger partial charge on any atom is 0.170 e. The van der Waals surface area contributed by atoms with E-state index >= 15 is 0 Å². The maximum absolute atomic E-state index is 8.65. The normalized spacial score (nSPS) is 11.9. The molecule has 0 spiro atoms. The van der Waals surface area contributed by atoms with Crippen LogP contribution < -0.4 is 5.73 Å². The Morgan fingerprint density at radius 1 is 1.50 bits per heavy atom. The Morgan fingerprint density at radius 3 is 2.70 bits per heavy atom. The van der Waals surface area contributed by atoms with Crippen molar-refractivity contribution >= 4 is 33.4 Å². The maximum atomic E-state index is 8.65. The van der Waals surface area contributed by atoms with Gasteiger partial charge in [-0.15, -0.1) is 0 Å². The summed E-state index contributed by atoms with van der Waals surface area (Å²) in [7, 11) is 0. The van der Waals surface area contributed by atoms with Crippen LogP contribution >= 0.6 is 27.5 Å². The minimum Gasteiger partial charge on any atom is -0.409 e. The molecule has 1 aromatic heterocycles. The molecule has 3 N–H and O–H groups in total. The number of amidine groups is 1. The number of oxime groups is 1. The lowest BCUT2D eigenvalue weighted by Crippen LogP contribution is -2.13. The van der Waals surface area contributed by atoms with Crippen LogP contribution in [-0.4, -0.2) is 20.8 Å². The van der Waals surface area contributed by atoms with Crippen LogP contribution in [0.5, 0.6) is 0 Å². The first-order valence-corrected chi connectivity index (χ1v) is 7.07. The highest BCUT2D eigenvalue weighted by Gasteiger charge is 2.11. The fraction of sp³-hybridized carbons (Fsp3) is 0.231. The van der Waals surface area contributed by atoms with E-state index in [9.17, 15) is 0 Å². The average molecular weight is 358 g/mol. The van der Waals surface area contributed by atoms with Gasteiger partial charge in [-0.2, -0.15) is 5.10 Å². The van der Waals surface area contributed by atoms with E-state index in [2.05, 4.69) is 26.2 Å². The Labute approximate surface area is 130 Å². The summed E-state index contributed by atoms with van der Waals surface area (Å²) in [4.78, 5) is 0. The first-order chi connectivity index (χ1) is 9.43. The number of aromatic nitrogens is 2. The molecule has 20 heavy (non-hydrogen) atoms. The van der Waals surface area contributed by atoms with Crippen LogP contribution in [-0.2, 0) is 6.54 Å². The molecule has 0 aliphatic rings. The number of aryl methyl sites for hydroxylation is 1. The van der Waals surface area contributed by atoms with Crippen molar-refractivity contribution in [1.29, 1.82) is 0 Å². The molecule has 5 nitrogen and oxygen atoms in total. The third-order valence-corrected chi connectivity index (χ3v) is 4.57. The summed E-state index contributed by atoms with van der Waals surface area (Å²) in [5, 5.41) is 16.6. The highest BCUT2D eigenvalue weighted by atomic mass is 79.9. The van der Waals surface area contributed by atoms with Crippen molar-refractivity contribution in [3.8, 4) is 0 Å². The lowest BCUT2D eigenvalue weighted by molar-refractivity contribution is 0.318. The van der Waals surface area contributed by atoms with Crippen LogP contribution in [0.4, 0.5) is 0 Å². The van der Waals surface area contributed by atoms with E-state index in [4.69, 9.17) is 22.5 Å². The standard InChI is InChI=1S/C13H14BrClN4O/c1-7-12(14)8(2)19(17-7)6-10-4-3-9(5-11(10)15)13(16)18-20/h3-5,20H,6H2,1-2H3,(H2,16,18). The molecule has 0 atom stereocenters. The summed E-state index contributed by atoms with van der Waals surface area (Å²) in [6.07, 6.45) is 0. The van der Waals surface area contributed by atoms with Crippen LogP contribution in [0.25, 0.3) is 0 Å². The van der Waals surface area contributed by atoms with Crippen LogP contribution in [0.3, 0.4) is 0 Å². The monoisotopic (exact) mass is 356 g/mol. The lowest BCUT2D eigenvalue weighted by atomic mass is 10.1. The molecular formula is C13H14BrClN4O. The van der Waals surface area contributed by atoms with Gasteiger partial charge < -0.3 is 10.9 Å². The van der Waals surface area contributed by atoms with Gasteiger partial charge in [0.15, 0.2) is 5.84 Å². The molecule has 0 bridgehead atoms. The zero-order valence-corrected chi connectivity index (χ0v) is 13.4. The summed E-state index contributed by atoms with van der Waals surface area (Å²) in [5.41, 5.74) is 9.00. The number of hydrogen-bond donors (Lipinski definition) is 2. The van der Waals surface area contributed by atoms with Crippen molar-refractivity contribution in [2.75, 3.05) is 0 Å². The zero-order chi connectivity index (χ0) is 14.9. The largest absolute Gasteiger partial charge is 0.409 e. The number of nitrogens with zero attached hydrogens (tertiary/aromatic N) is 3. The third kappa shape index (κ3) is 2.81. The molecule has 0 saturated carbocycles. The van der Waals surface area contributed by atoms with E-state index in [0.717, 1.165) is 21.4 Å². The second kappa shape index (κ2) is 5.85. The van der Waals surface area contributed by atoms with Gasteiger partial charge in [0.2, 0.25) is 0 Å². The molecule has 2 rings (SSSR count). The Balaban J connectivity index is 2.33. The fourth-order valence-electron chi connectivity index (χ4n) is 1.88. The summed E-state index contributed by atoms with van der Waals surface area (Å²) in [6.45, 7) is 4.49.